The van der Waals surface area contributed by atoms with Crippen molar-refractivity contribution in [3.63, 3.8) is 0 Å². The molecule has 0 fully saturated rings. The summed E-state index contributed by atoms with van der Waals surface area (Å²) in [6.45, 7) is 4.56. The molecular weight excluding hydrogens is 224 g/mol. The van der Waals surface area contributed by atoms with Crippen LogP contribution >= 0.6 is 11.8 Å². The Bertz CT molecular complexity index is 109. The van der Waals surface area contributed by atoms with Gasteiger partial charge in [-0.15, -0.1) is 0 Å². The zero-order chi connectivity index (χ0) is 12.6. The van der Waals surface area contributed by atoms with E-state index in [1.807, 2.05) is 0 Å². The summed E-state index contributed by atoms with van der Waals surface area (Å²) in [6, 6.07) is 0. The third-order valence-electron chi connectivity index (χ3n) is 3.24. The van der Waals surface area contributed by atoms with E-state index in [9.17, 15) is 0 Å². The molecule has 0 bridgehead atoms. The average Bonchev–Trinajstić information content (AvgIpc) is 2.35. The van der Waals surface area contributed by atoms with E-state index in [-0.39, 0.29) is 0 Å². The van der Waals surface area contributed by atoms with Crippen molar-refractivity contribution in [2.24, 2.45) is 0 Å². The Morgan fingerprint density at radius 3 is 1.41 bits per heavy atom. The molecule has 0 aromatic rings. The molecule has 0 saturated heterocycles. The number of hydrogen-bond donors (Lipinski definition) is 0. The third-order valence-corrected chi connectivity index (χ3v) is 4.51. The van der Waals surface area contributed by atoms with Crippen LogP contribution in [0.4, 0.5) is 0 Å². The minimum atomic E-state index is 1.34. The molecule has 0 aliphatic heterocycles. The normalized spacial score (nSPS) is 10.9. The summed E-state index contributed by atoms with van der Waals surface area (Å²) in [6.07, 6.45) is 17.4. The molecule has 0 N–H and O–H groups in total. The summed E-state index contributed by atoms with van der Waals surface area (Å²) in [7, 11) is 0. The van der Waals surface area contributed by atoms with Gasteiger partial charge < -0.3 is 0 Å². The Labute approximate surface area is 114 Å². The Morgan fingerprint density at radius 1 is 0.471 bits per heavy atom. The maximum absolute atomic E-state index is 2.29. The van der Waals surface area contributed by atoms with Gasteiger partial charge in [0.1, 0.15) is 0 Å². The van der Waals surface area contributed by atoms with Crippen LogP contribution in [0.5, 0.6) is 0 Å². The van der Waals surface area contributed by atoms with E-state index in [4.69, 9.17) is 0 Å². The number of rotatable bonds is 14. The summed E-state index contributed by atoms with van der Waals surface area (Å²) < 4.78 is 0. The van der Waals surface area contributed by atoms with Gasteiger partial charge in [-0.1, -0.05) is 78.1 Å². The zero-order valence-corrected chi connectivity index (χ0v) is 13.1. The Morgan fingerprint density at radius 2 is 0.941 bits per heavy atom. The highest BCUT2D eigenvalue weighted by Crippen LogP contribution is 2.12. The van der Waals surface area contributed by atoms with Crippen LogP contribution in [0.2, 0.25) is 0 Å². The molecule has 0 aromatic heterocycles. The fourth-order valence-electron chi connectivity index (χ4n) is 2.11. The van der Waals surface area contributed by atoms with Crippen molar-refractivity contribution < 1.29 is 0 Å². The summed E-state index contributed by atoms with van der Waals surface area (Å²) in [5, 5.41) is 0. The predicted octanol–water partition coefficient (Wildman–Crippen LogP) is 6.44. The zero-order valence-electron chi connectivity index (χ0n) is 12.3. The molecule has 0 unspecified atom stereocenters. The molecule has 0 aliphatic carbocycles. The lowest BCUT2D eigenvalue weighted by Crippen LogP contribution is -1.85. The van der Waals surface area contributed by atoms with Crippen molar-refractivity contribution in [3.05, 3.63) is 0 Å². The molecule has 0 radical (unpaired) electrons. The topological polar surface area (TPSA) is 0 Å². The maximum Gasteiger partial charge on any atom is -0.00675 e. The van der Waals surface area contributed by atoms with E-state index in [0.717, 1.165) is 0 Å². The quantitative estimate of drug-likeness (QED) is 0.323. The van der Waals surface area contributed by atoms with Gasteiger partial charge in [-0.2, -0.15) is 11.8 Å². The lowest BCUT2D eigenvalue weighted by molar-refractivity contribution is 0.555. The fourth-order valence-corrected chi connectivity index (χ4v) is 3.02. The predicted molar refractivity (Wildman–Crippen MR) is 84.1 cm³/mol. The molecule has 0 spiro atoms. The highest BCUT2D eigenvalue weighted by Gasteiger charge is 1.93. The van der Waals surface area contributed by atoms with Crippen LogP contribution in [0.25, 0.3) is 0 Å². The van der Waals surface area contributed by atoms with Crippen molar-refractivity contribution in [2.75, 3.05) is 11.5 Å². The monoisotopic (exact) mass is 258 g/mol. The van der Waals surface area contributed by atoms with Gasteiger partial charge in [0.05, 0.1) is 0 Å². The lowest BCUT2D eigenvalue weighted by atomic mass is 10.1. The first-order valence-corrected chi connectivity index (χ1v) is 9.15. The Kier molecular flexibility index (Phi) is 16.7. The maximum atomic E-state index is 2.29. The summed E-state index contributed by atoms with van der Waals surface area (Å²) in [5.41, 5.74) is 0. The number of hydrogen-bond acceptors (Lipinski definition) is 1. The molecule has 104 valence electrons. The van der Waals surface area contributed by atoms with Crippen molar-refractivity contribution in [3.8, 4) is 0 Å². The van der Waals surface area contributed by atoms with Gasteiger partial charge in [-0.05, 0) is 24.3 Å². The van der Waals surface area contributed by atoms with Crippen molar-refractivity contribution in [2.45, 2.75) is 90.9 Å². The Balaban J connectivity index is 2.85. The first-order chi connectivity index (χ1) is 8.41. The summed E-state index contributed by atoms with van der Waals surface area (Å²) in [4.78, 5) is 0. The summed E-state index contributed by atoms with van der Waals surface area (Å²) in [5.74, 6) is 2.75. The highest BCUT2D eigenvalue weighted by atomic mass is 32.2. The third kappa shape index (κ3) is 16.4. The number of unbranched alkanes of at least 4 members (excludes halogenated alkanes) is 10. The molecule has 1 heteroatoms. The second kappa shape index (κ2) is 16.4. The van der Waals surface area contributed by atoms with Crippen molar-refractivity contribution in [1.29, 1.82) is 0 Å². The van der Waals surface area contributed by atoms with Gasteiger partial charge >= 0.3 is 0 Å². The standard InChI is InChI=1S/C16H34S/c1-3-5-6-7-8-9-10-11-12-13-14-16-17-15-4-2/h3-16H2,1-2H3. The van der Waals surface area contributed by atoms with Gasteiger partial charge in [0.15, 0.2) is 0 Å². The van der Waals surface area contributed by atoms with E-state index in [1.54, 1.807) is 0 Å². The van der Waals surface area contributed by atoms with Crippen LogP contribution in [-0.4, -0.2) is 11.5 Å². The van der Waals surface area contributed by atoms with Gasteiger partial charge in [-0.25, -0.2) is 0 Å². The van der Waals surface area contributed by atoms with Gasteiger partial charge in [0, 0.05) is 0 Å². The van der Waals surface area contributed by atoms with E-state index in [0.29, 0.717) is 0 Å². The number of thioether (sulfide) groups is 1. The van der Waals surface area contributed by atoms with Crippen molar-refractivity contribution >= 4 is 11.8 Å². The largest absolute Gasteiger partial charge is 0.162 e. The van der Waals surface area contributed by atoms with Crippen molar-refractivity contribution in [1.82, 2.24) is 0 Å². The molecule has 0 amide bonds. The first-order valence-electron chi connectivity index (χ1n) is 7.99. The lowest BCUT2D eigenvalue weighted by Gasteiger charge is -2.02. The second-order valence-electron chi connectivity index (χ2n) is 5.15. The minimum Gasteiger partial charge on any atom is -0.162 e. The smallest absolute Gasteiger partial charge is 0.00675 e. The molecule has 0 aromatic carbocycles. The minimum absolute atomic E-state index is 1.34. The Hall–Kier alpha value is 0.350. The van der Waals surface area contributed by atoms with Crippen LogP contribution < -0.4 is 0 Å². The highest BCUT2D eigenvalue weighted by molar-refractivity contribution is 7.99. The molecule has 0 aliphatic rings. The average molecular weight is 259 g/mol. The van der Waals surface area contributed by atoms with Crippen LogP contribution in [0.15, 0.2) is 0 Å². The van der Waals surface area contributed by atoms with Gasteiger partial charge in [-0.3, -0.25) is 0 Å². The van der Waals surface area contributed by atoms with E-state index < -0.39 is 0 Å². The van der Waals surface area contributed by atoms with E-state index in [2.05, 4.69) is 25.6 Å². The first kappa shape index (κ1) is 17.4. The molecule has 17 heavy (non-hydrogen) atoms. The molecule has 0 atom stereocenters. The molecule has 0 heterocycles. The fraction of sp³-hybridized carbons (Fsp3) is 1.00. The summed E-state index contributed by atoms with van der Waals surface area (Å²) >= 11 is 2.13. The van der Waals surface area contributed by atoms with Crippen LogP contribution in [0.3, 0.4) is 0 Å². The molecule has 0 saturated carbocycles. The van der Waals surface area contributed by atoms with E-state index >= 15 is 0 Å². The van der Waals surface area contributed by atoms with Crippen LogP contribution in [0, 0.1) is 0 Å². The van der Waals surface area contributed by atoms with Gasteiger partial charge in [0.2, 0.25) is 0 Å². The SMILES string of the molecule is CCCCCCCCCCCCCSCCC. The van der Waals surface area contributed by atoms with Crippen LogP contribution in [-0.2, 0) is 0 Å². The molecular formula is C16H34S. The molecule has 0 rings (SSSR count). The second-order valence-corrected chi connectivity index (χ2v) is 6.37. The van der Waals surface area contributed by atoms with E-state index in [1.165, 1.54) is 88.6 Å². The van der Waals surface area contributed by atoms with Crippen LogP contribution in [0.1, 0.15) is 90.9 Å². The molecule has 0 nitrogen and oxygen atoms in total. The van der Waals surface area contributed by atoms with Gasteiger partial charge in [0.25, 0.3) is 0 Å².